The number of nitrogens with one attached hydrogen (secondary N) is 1. The maximum atomic E-state index is 12.9. The van der Waals surface area contributed by atoms with E-state index in [1.807, 2.05) is 27.7 Å². The predicted molar refractivity (Wildman–Crippen MR) is 91.0 cm³/mol. The van der Waals surface area contributed by atoms with Gasteiger partial charge in [0.05, 0.1) is 4.90 Å². The topological polar surface area (TPSA) is 66.5 Å². The molecule has 0 spiro atoms. The zero-order valence-electron chi connectivity index (χ0n) is 14.3. The predicted octanol–water partition coefficient (Wildman–Crippen LogP) is 2.70. The van der Waals surface area contributed by atoms with Gasteiger partial charge < -0.3 is 5.32 Å². The number of amides is 1. The minimum Gasteiger partial charge on any atom is -0.350 e. The second-order valence-electron chi connectivity index (χ2n) is 6.57. The van der Waals surface area contributed by atoms with E-state index in [1.54, 1.807) is 16.4 Å². The molecule has 0 radical (unpaired) electrons. The smallest absolute Gasteiger partial charge is 0.251 e. The molecule has 1 aliphatic heterocycles. The summed E-state index contributed by atoms with van der Waals surface area (Å²) < 4.78 is 27.4. The number of piperidine rings is 1. The van der Waals surface area contributed by atoms with E-state index in [9.17, 15) is 13.2 Å². The molecule has 0 aromatic heterocycles. The van der Waals surface area contributed by atoms with Crippen LogP contribution in [-0.4, -0.2) is 37.3 Å². The van der Waals surface area contributed by atoms with Gasteiger partial charge in [-0.3, -0.25) is 4.79 Å². The molecule has 1 saturated heterocycles. The highest BCUT2D eigenvalue weighted by molar-refractivity contribution is 7.89. The average Bonchev–Trinajstić information content (AvgIpc) is 2.46. The molecule has 1 unspecified atom stereocenters. The molecule has 1 aromatic carbocycles. The molecule has 1 aromatic rings. The quantitative estimate of drug-likeness (QED) is 0.918. The number of benzene rings is 1. The van der Waals surface area contributed by atoms with Crippen molar-refractivity contribution in [1.82, 2.24) is 9.62 Å². The van der Waals surface area contributed by atoms with Crippen LogP contribution in [-0.2, 0) is 10.0 Å². The highest BCUT2D eigenvalue weighted by Gasteiger charge is 2.31. The SMILES string of the molecule is Cc1ccc(S(=O)(=O)N2CCCCC2C)cc1C(=O)NC(C)C. The van der Waals surface area contributed by atoms with Crippen LogP contribution in [0.2, 0.25) is 0 Å². The number of hydrogen-bond donors (Lipinski definition) is 1. The zero-order valence-corrected chi connectivity index (χ0v) is 15.1. The van der Waals surface area contributed by atoms with Crippen molar-refractivity contribution in [3.05, 3.63) is 29.3 Å². The Morgan fingerprint density at radius 2 is 2.00 bits per heavy atom. The summed E-state index contributed by atoms with van der Waals surface area (Å²) in [7, 11) is -3.56. The fraction of sp³-hybridized carbons (Fsp3) is 0.588. The van der Waals surface area contributed by atoms with Crippen LogP contribution in [0.3, 0.4) is 0 Å². The third-order valence-corrected chi connectivity index (χ3v) is 6.23. The lowest BCUT2D eigenvalue weighted by molar-refractivity contribution is 0.0942. The lowest BCUT2D eigenvalue weighted by atomic mass is 10.1. The van der Waals surface area contributed by atoms with Crippen LogP contribution in [0.1, 0.15) is 56.0 Å². The van der Waals surface area contributed by atoms with Crippen molar-refractivity contribution in [3.8, 4) is 0 Å². The Hall–Kier alpha value is -1.40. The van der Waals surface area contributed by atoms with E-state index in [4.69, 9.17) is 0 Å². The summed E-state index contributed by atoms with van der Waals surface area (Å²) in [5.74, 6) is -0.235. The van der Waals surface area contributed by atoms with Crippen molar-refractivity contribution in [3.63, 3.8) is 0 Å². The van der Waals surface area contributed by atoms with Crippen molar-refractivity contribution in [2.75, 3.05) is 6.54 Å². The van der Waals surface area contributed by atoms with E-state index in [1.165, 1.54) is 6.07 Å². The van der Waals surface area contributed by atoms with Crippen LogP contribution in [0.25, 0.3) is 0 Å². The van der Waals surface area contributed by atoms with Gasteiger partial charge in [0.1, 0.15) is 0 Å². The second kappa shape index (κ2) is 7.01. The molecule has 0 saturated carbocycles. The third-order valence-electron chi connectivity index (χ3n) is 4.22. The average molecular weight is 338 g/mol. The van der Waals surface area contributed by atoms with E-state index in [0.29, 0.717) is 12.1 Å². The van der Waals surface area contributed by atoms with Crippen LogP contribution in [0.15, 0.2) is 23.1 Å². The maximum Gasteiger partial charge on any atom is 0.251 e. The highest BCUT2D eigenvalue weighted by atomic mass is 32.2. The first-order chi connectivity index (χ1) is 10.7. The van der Waals surface area contributed by atoms with Crippen molar-refractivity contribution in [1.29, 1.82) is 0 Å². The van der Waals surface area contributed by atoms with Gasteiger partial charge in [-0.1, -0.05) is 12.5 Å². The Kier molecular flexibility index (Phi) is 5.47. The number of hydrogen-bond acceptors (Lipinski definition) is 3. The van der Waals surface area contributed by atoms with Gasteiger partial charge in [-0.05, 0) is 58.2 Å². The number of carbonyl (C=O) groups excluding carboxylic acids is 1. The van der Waals surface area contributed by atoms with Crippen molar-refractivity contribution >= 4 is 15.9 Å². The Morgan fingerprint density at radius 3 is 2.61 bits per heavy atom. The normalized spacial score (nSPS) is 19.8. The van der Waals surface area contributed by atoms with E-state index in [-0.39, 0.29) is 22.9 Å². The molecular weight excluding hydrogens is 312 g/mol. The summed E-state index contributed by atoms with van der Waals surface area (Å²) in [5, 5.41) is 2.82. The van der Waals surface area contributed by atoms with Gasteiger partial charge in [0.15, 0.2) is 0 Å². The molecule has 1 fully saturated rings. The van der Waals surface area contributed by atoms with Gasteiger partial charge in [0.2, 0.25) is 10.0 Å². The Labute approximate surface area is 139 Å². The summed E-state index contributed by atoms with van der Waals surface area (Å²) in [6, 6.07) is 4.81. The maximum absolute atomic E-state index is 12.9. The first-order valence-electron chi connectivity index (χ1n) is 8.17. The molecule has 128 valence electrons. The molecule has 1 N–H and O–H groups in total. The minimum atomic E-state index is -3.56. The second-order valence-corrected chi connectivity index (χ2v) is 8.46. The Morgan fingerprint density at radius 1 is 1.30 bits per heavy atom. The van der Waals surface area contributed by atoms with Crippen LogP contribution in [0.5, 0.6) is 0 Å². The van der Waals surface area contributed by atoms with Gasteiger partial charge in [0.25, 0.3) is 5.91 Å². The van der Waals surface area contributed by atoms with Gasteiger partial charge in [-0.15, -0.1) is 0 Å². The Balaban J connectivity index is 2.38. The number of rotatable bonds is 4. The molecule has 5 nitrogen and oxygen atoms in total. The summed E-state index contributed by atoms with van der Waals surface area (Å²) >= 11 is 0. The summed E-state index contributed by atoms with van der Waals surface area (Å²) in [5.41, 5.74) is 1.19. The van der Waals surface area contributed by atoms with Crippen LogP contribution in [0.4, 0.5) is 0 Å². The molecule has 0 aliphatic carbocycles. The van der Waals surface area contributed by atoms with E-state index in [0.717, 1.165) is 24.8 Å². The number of sulfonamides is 1. The van der Waals surface area contributed by atoms with Crippen molar-refractivity contribution in [2.45, 2.75) is 63.9 Å². The van der Waals surface area contributed by atoms with Crippen LogP contribution < -0.4 is 5.32 Å². The van der Waals surface area contributed by atoms with Gasteiger partial charge in [-0.2, -0.15) is 4.31 Å². The molecule has 0 bridgehead atoms. The van der Waals surface area contributed by atoms with Crippen molar-refractivity contribution < 1.29 is 13.2 Å². The number of carbonyl (C=O) groups is 1. The lowest BCUT2D eigenvalue weighted by Gasteiger charge is -2.32. The summed E-state index contributed by atoms with van der Waals surface area (Å²) in [6.07, 6.45) is 2.82. The fourth-order valence-corrected chi connectivity index (χ4v) is 4.64. The van der Waals surface area contributed by atoms with Gasteiger partial charge >= 0.3 is 0 Å². The third kappa shape index (κ3) is 3.93. The molecule has 1 atom stereocenters. The summed E-state index contributed by atoms with van der Waals surface area (Å²) in [4.78, 5) is 12.5. The molecular formula is C17H26N2O3S. The Bertz CT molecular complexity index is 683. The zero-order chi connectivity index (χ0) is 17.2. The fourth-order valence-electron chi connectivity index (χ4n) is 2.91. The van der Waals surface area contributed by atoms with Crippen molar-refractivity contribution in [2.24, 2.45) is 0 Å². The molecule has 2 rings (SSSR count). The number of aryl methyl sites for hydroxylation is 1. The molecule has 1 aliphatic rings. The van der Waals surface area contributed by atoms with E-state index < -0.39 is 10.0 Å². The largest absolute Gasteiger partial charge is 0.350 e. The lowest BCUT2D eigenvalue weighted by Crippen LogP contribution is -2.42. The first kappa shape index (κ1) is 17.9. The monoisotopic (exact) mass is 338 g/mol. The molecule has 1 heterocycles. The first-order valence-corrected chi connectivity index (χ1v) is 9.61. The molecule has 23 heavy (non-hydrogen) atoms. The van der Waals surface area contributed by atoms with E-state index >= 15 is 0 Å². The van der Waals surface area contributed by atoms with Gasteiger partial charge in [-0.25, -0.2) is 8.42 Å². The number of nitrogens with zero attached hydrogens (tertiary/aromatic N) is 1. The van der Waals surface area contributed by atoms with Crippen LogP contribution in [0, 0.1) is 6.92 Å². The molecule has 1 amide bonds. The summed E-state index contributed by atoms with van der Waals surface area (Å²) in [6.45, 7) is 8.06. The molecule has 6 heteroatoms. The minimum absolute atomic E-state index is 0.00277. The standard InChI is InChI=1S/C17H26N2O3S/c1-12(2)18-17(20)16-11-15(9-8-13(16)3)23(21,22)19-10-6-5-7-14(19)4/h8-9,11-12,14H,5-7,10H2,1-4H3,(H,18,20). The van der Waals surface area contributed by atoms with E-state index in [2.05, 4.69) is 5.32 Å². The van der Waals surface area contributed by atoms with Gasteiger partial charge in [0, 0.05) is 24.2 Å². The highest BCUT2D eigenvalue weighted by Crippen LogP contribution is 2.26. The van der Waals surface area contributed by atoms with Crippen LogP contribution >= 0.6 is 0 Å².